The van der Waals surface area contributed by atoms with Gasteiger partial charge in [0, 0.05) is 6.61 Å². The fraction of sp³-hybridized carbons (Fsp3) is 0.611. The number of nitrogens with zero attached hydrogens (tertiary/aromatic N) is 2. The highest BCUT2D eigenvalue weighted by molar-refractivity contribution is 6.64. The van der Waals surface area contributed by atoms with Crippen LogP contribution in [0.4, 0.5) is 4.39 Å². The molecule has 0 N–H and O–H groups in total. The Morgan fingerprint density at radius 2 is 1.88 bits per heavy atom. The average molecular weight is 346 g/mol. The van der Waals surface area contributed by atoms with Crippen molar-refractivity contribution in [3.63, 3.8) is 0 Å². The van der Waals surface area contributed by atoms with E-state index in [9.17, 15) is 4.39 Å². The minimum atomic E-state index is -0.700. The molecule has 2 aromatic rings. The molecule has 0 aliphatic carbocycles. The molecule has 7 heteroatoms. The van der Waals surface area contributed by atoms with Crippen LogP contribution < -0.4 is 5.59 Å². The van der Waals surface area contributed by atoms with Crippen molar-refractivity contribution in [2.45, 2.75) is 64.4 Å². The molecule has 2 aliphatic rings. The van der Waals surface area contributed by atoms with Crippen molar-refractivity contribution >= 4 is 23.6 Å². The first-order valence-electron chi connectivity index (χ1n) is 8.94. The highest BCUT2D eigenvalue weighted by atomic mass is 19.1. The van der Waals surface area contributed by atoms with Gasteiger partial charge in [0.1, 0.15) is 11.4 Å². The van der Waals surface area contributed by atoms with Crippen LogP contribution in [0.5, 0.6) is 0 Å². The summed E-state index contributed by atoms with van der Waals surface area (Å²) in [5.41, 5.74) is 0.207. The van der Waals surface area contributed by atoms with Crippen molar-refractivity contribution in [2.24, 2.45) is 0 Å². The normalized spacial score (nSPS) is 25.6. The summed E-state index contributed by atoms with van der Waals surface area (Å²) in [6.07, 6.45) is 2.83. The Balaban J connectivity index is 1.82. The van der Waals surface area contributed by atoms with E-state index in [4.69, 9.17) is 14.0 Å². The molecular weight excluding hydrogens is 322 g/mol. The summed E-state index contributed by atoms with van der Waals surface area (Å²) in [4.78, 5) is 0. The maximum Gasteiger partial charge on any atom is 0.517 e. The van der Waals surface area contributed by atoms with Gasteiger partial charge in [0.05, 0.1) is 22.1 Å². The number of benzene rings is 1. The van der Waals surface area contributed by atoms with Crippen LogP contribution in [0.3, 0.4) is 0 Å². The summed E-state index contributed by atoms with van der Waals surface area (Å²) in [6, 6.07) is 5.02. The van der Waals surface area contributed by atoms with Crippen LogP contribution in [0.2, 0.25) is 0 Å². The van der Waals surface area contributed by atoms with Crippen LogP contribution in [0.15, 0.2) is 18.2 Å². The first kappa shape index (κ1) is 17.0. The number of rotatable bonds is 2. The van der Waals surface area contributed by atoms with Crippen molar-refractivity contribution in [3.05, 3.63) is 24.0 Å². The van der Waals surface area contributed by atoms with E-state index in [0.29, 0.717) is 17.6 Å². The molecule has 2 saturated heterocycles. The Bertz CT molecular complexity index is 783. The molecule has 0 radical (unpaired) electrons. The van der Waals surface area contributed by atoms with Crippen LogP contribution in [-0.4, -0.2) is 34.7 Å². The second kappa shape index (κ2) is 5.79. The molecule has 1 unspecified atom stereocenters. The van der Waals surface area contributed by atoms with Gasteiger partial charge in [-0.3, -0.25) is 0 Å². The smallest absolute Gasteiger partial charge is 0.398 e. The van der Waals surface area contributed by atoms with Gasteiger partial charge in [-0.25, -0.2) is 9.07 Å². The fourth-order valence-corrected chi connectivity index (χ4v) is 3.43. The summed E-state index contributed by atoms with van der Waals surface area (Å²) in [5, 5.41) is 5.14. The number of aromatic nitrogens is 2. The summed E-state index contributed by atoms with van der Waals surface area (Å²) >= 11 is 0. The van der Waals surface area contributed by atoms with E-state index in [1.54, 1.807) is 10.7 Å². The van der Waals surface area contributed by atoms with Crippen molar-refractivity contribution < 1.29 is 18.4 Å². The molecule has 0 saturated carbocycles. The molecule has 0 bridgehead atoms. The molecule has 1 aromatic carbocycles. The molecule has 3 heterocycles. The second-order valence-corrected chi connectivity index (χ2v) is 7.87. The van der Waals surface area contributed by atoms with Gasteiger partial charge >= 0.3 is 7.12 Å². The summed E-state index contributed by atoms with van der Waals surface area (Å²) in [5.74, 6) is -0.315. The highest BCUT2D eigenvalue weighted by Crippen LogP contribution is 2.37. The Hall–Kier alpha value is -1.44. The number of halogens is 1. The first-order chi connectivity index (χ1) is 11.8. The van der Waals surface area contributed by atoms with Crippen LogP contribution >= 0.6 is 0 Å². The lowest BCUT2D eigenvalue weighted by Crippen LogP contribution is -2.41. The van der Waals surface area contributed by atoms with E-state index in [1.807, 2.05) is 33.8 Å². The standard InChI is InChI=1S/C18H24BFN2O3/c1-17(2)18(3,4)25-19(24-17)16-15-12(20)8-7-9-13(15)22(21-16)14-10-5-6-11-23-14/h7-9,14H,5-6,10-11H2,1-4H3. The molecule has 0 amide bonds. The Kier molecular flexibility index (Phi) is 3.94. The van der Waals surface area contributed by atoms with Gasteiger partial charge in [-0.2, -0.15) is 5.10 Å². The lowest BCUT2D eigenvalue weighted by molar-refractivity contribution is -0.0364. The zero-order chi connectivity index (χ0) is 17.8. The summed E-state index contributed by atoms with van der Waals surface area (Å²) in [6.45, 7) is 8.62. The average Bonchev–Trinajstić information content (AvgIpc) is 3.04. The molecule has 25 heavy (non-hydrogen) atoms. The molecule has 134 valence electrons. The van der Waals surface area contributed by atoms with Crippen molar-refractivity contribution in [1.29, 1.82) is 0 Å². The molecule has 1 aromatic heterocycles. The first-order valence-corrected chi connectivity index (χ1v) is 8.94. The monoisotopic (exact) mass is 346 g/mol. The second-order valence-electron chi connectivity index (χ2n) is 7.87. The molecular formula is C18H24BFN2O3. The maximum absolute atomic E-state index is 14.7. The summed E-state index contributed by atoms with van der Waals surface area (Å²) in [7, 11) is -0.700. The highest BCUT2D eigenvalue weighted by Gasteiger charge is 2.53. The van der Waals surface area contributed by atoms with E-state index >= 15 is 0 Å². The number of ether oxygens (including phenoxy) is 1. The van der Waals surface area contributed by atoms with Crippen molar-refractivity contribution in [3.8, 4) is 0 Å². The molecule has 2 aliphatic heterocycles. The lowest BCUT2D eigenvalue weighted by atomic mass is 9.82. The van der Waals surface area contributed by atoms with Crippen molar-refractivity contribution in [1.82, 2.24) is 9.78 Å². The van der Waals surface area contributed by atoms with Gasteiger partial charge in [0.2, 0.25) is 0 Å². The molecule has 2 fully saturated rings. The topological polar surface area (TPSA) is 45.5 Å². The predicted octanol–water partition coefficient (Wildman–Crippen LogP) is 3.17. The minimum absolute atomic E-state index is 0.172. The van der Waals surface area contributed by atoms with Gasteiger partial charge in [-0.1, -0.05) is 6.07 Å². The Morgan fingerprint density at radius 1 is 1.16 bits per heavy atom. The molecule has 1 atom stereocenters. The van der Waals surface area contributed by atoms with Gasteiger partial charge in [-0.05, 0) is 59.1 Å². The zero-order valence-electron chi connectivity index (χ0n) is 15.2. The van der Waals surface area contributed by atoms with E-state index in [-0.39, 0.29) is 12.0 Å². The van der Waals surface area contributed by atoms with Gasteiger partial charge in [0.25, 0.3) is 0 Å². The van der Waals surface area contributed by atoms with E-state index in [0.717, 1.165) is 24.8 Å². The van der Waals surface area contributed by atoms with E-state index in [2.05, 4.69) is 5.10 Å². The van der Waals surface area contributed by atoms with E-state index < -0.39 is 18.3 Å². The minimum Gasteiger partial charge on any atom is -0.398 e. The van der Waals surface area contributed by atoms with Crippen LogP contribution in [0.1, 0.15) is 53.2 Å². The third-order valence-corrected chi connectivity index (χ3v) is 5.61. The fourth-order valence-electron chi connectivity index (χ4n) is 3.43. The molecule has 4 rings (SSSR count). The van der Waals surface area contributed by atoms with Crippen LogP contribution in [0, 0.1) is 5.82 Å². The Labute approximate surface area is 147 Å². The lowest BCUT2D eigenvalue weighted by Gasteiger charge is -2.32. The van der Waals surface area contributed by atoms with Gasteiger partial charge < -0.3 is 14.0 Å². The van der Waals surface area contributed by atoms with Gasteiger partial charge in [0.15, 0.2) is 6.23 Å². The third-order valence-electron chi connectivity index (χ3n) is 5.61. The SMILES string of the molecule is CC1(C)OB(c2nn(C3CCCCO3)c3cccc(F)c23)OC1(C)C. The summed E-state index contributed by atoms with van der Waals surface area (Å²) < 4.78 is 34.5. The van der Waals surface area contributed by atoms with Gasteiger partial charge in [-0.15, -0.1) is 0 Å². The van der Waals surface area contributed by atoms with Crippen LogP contribution in [0.25, 0.3) is 10.9 Å². The zero-order valence-corrected chi connectivity index (χ0v) is 15.2. The number of hydrogen-bond donors (Lipinski definition) is 0. The maximum atomic E-state index is 14.7. The molecule has 0 spiro atoms. The largest absolute Gasteiger partial charge is 0.517 e. The number of fused-ring (bicyclic) bond motifs is 1. The Morgan fingerprint density at radius 3 is 2.52 bits per heavy atom. The molecule has 5 nitrogen and oxygen atoms in total. The van der Waals surface area contributed by atoms with E-state index in [1.165, 1.54) is 6.07 Å². The number of hydrogen-bond acceptors (Lipinski definition) is 4. The third kappa shape index (κ3) is 2.69. The van der Waals surface area contributed by atoms with Crippen LogP contribution in [-0.2, 0) is 14.0 Å². The quantitative estimate of drug-likeness (QED) is 0.784. The van der Waals surface area contributed by atoms with Crippen molar-refractivity contribution in [2.75, 3.05) is 6.61 Å². The predicted molar refractivity (Wildman–Crippen MR) is 94.2 cm³/mol.